The average molecular weight is 395 g/mol. The number of methoxy groups -OCH3 is 2. The first kappa shape index (κ1) is 18.2. The highest BCUT2D eigenvalue weighted by molar-refractivity contribution is 5.98. The molecule has 0 atom stereocenters. The highest BCUT2D eigenvalue weighted by Gasteiger charge is 2.20. The van der Waals surface area contributed by atoms with Crippen LogP contribution in [0.5, 0.6) is 11.5 Å². The molecule has 3 aromatic rings. The van der Waals surface area contributed by atoms with Crippen molar-refractivity contribution in [1.29, 1.82) is 0 Å². The Labute approximate surface area is 174 Å². The Morgan fingerprint density at radius 1 is 0.767 bits per heavy atom. The van der Waals surface area contributed by atoms with Crippen molar-refractivity contribution >= 4 is 10.9 Å². The molecule has 2 heterocycles. The van der Waals surface area contributed by atoms with Crippen molar-refractivity contribution in [3.8, 4) is 34.0 Å². The molecular formula is C25H21N3O2. The van der Waals surface area contributed by atoms with Crippen molar-refractivity contribution in [1.82, 2.24) is 14.8 Å². The lowest BCUT2D eigenvalue weighted by molar-refractivity contribution is 0.414. The molecule has 0 spiro atoms. The maximum absolute atomic E-state index is 5.39. The van der Waals surface area contributed by atoms with E-state index in [0.29, 0.717) is 0 Å². The number of hydrogen-bond donors (Lipinski definition) is 0. The van der Waals surface area contributed by atoms with E-state index in [9.17, 15) is 0 Å². The van der Waals surface area contributed by atoms with Crippen molar-refractivity contribution < 1.29 is 9.47 Å². The molecule has 30 heavy (non-hydrogen) atoms. The monoisotopic (exact) mass is 395 g/mol. The van der Waals surface area contributed by atoms with Crippen LogP contribution in [-0.4, -0.2) is 29.0 Å². The molecule has 2 aliphatic heterocycles. The Kier molecular flexibility index (Phi) is 4.56. The predicted octanol–water partition coefficient (Wildman–Crippen LogP) is 5.27. The third-order valence-corrected chi connectivity index (χ3v) is 5.36. The molecule has 0 aliphatic carbocycles. The molecule has 2 aliphatic rings. The Bertz CT molecular complexity index is 1290. The summed E-state index contributed by atoms with van der Waals surface area (Å²) in [6.45, 7) is 0.723. The van der Waals surface area contributed by atoms with Crippen molar-refractivity contribution in [2.75, 3.05) is 14.2 Å². The van der Waals surface area contributed by atoms with Gasteiger partial charge >= 0.3 is 0 Å². The van der Waals surface area contributed by atoms with Crippen LogP contribution in [0.1, 0.15) is 5.56 Å². The molecule has 0 N–H and O–H groups in total. The number of benzene rings is 3. The zero-order chi connectivity index (χ0) is 20.5. The van der Waals surface area contributed by atoms with Gasteiger partial charge in [0.2, 0.25) is 0 Å². The third-order valence-electron chi connectivity index (χ3n) is 5.36. The van der Waals surface area contributed by atoms with Crippen LogP contribution < -0.4 is 9.47 Å². The van der Waals surface area contributed by atoms with Crippen LogP contribution in [-0.2, 0) is 6.54 Å². The molecular weight excluding hydrogens is 374 g/mol. The summed E-state index contributed by atoms with van der Waals surface area (Å²) in [4.78, 5) is 0. The maximum atomic E-state index is 5.39. The molecule has 0 saturated heterocycles. The second-order valence-electron chi connectivity index (χ2n) is 7.17. The molecule has 148 valence electrons. The lowest BCUT2D eigenvalue weighted by Gasteiger charge is -2.15. The van der Waals surface area contributed by atoms with Crippen LogP contribution in [0.4, 0.5) is 0 Å². The van der Waals surface area contributed by atoms with Gasteiger partial charge in [0, 0.05) is 29.3 Å². The van der Waals surface area contributed by atoms with Crippen molar-refractivity contribution in [2.24, 2.45) is 0 Å². The first-order valence-corrected chi connectivity index (χ1v) is 9.78. The number of pyridine rings is 1. The molecule has 0 fully saturated rings. The summed E-state index contributed by atoms with van der Waals surface area (Å²) in [5.41, 5.74) is 6.12. The lowest BCUT2D eigenvalue weighted by Crippen LogP contribution is -2.04. The predicted molar refractivity (Wildman–Crippen MR) is 118 cm³/mol. The molecule has 5 nitrogen and oxygen atoms in total. The van der Waals surface area contributed by atoms with Gasteiger partial charge in [0.05, 0.1) is 19.7 Å². The third kappa shape index (κ3) is 3.14. The van der Waals surface area contributed by atoms with Crippen LogP contribution in [0.2, 0.25) is 0 Å². The second kappa shape index (κ2) is 7.52. The minimum Gasteiger partial charge on any atom is -0.497 e. The summed E-state index contributed by atoms with van der Waals surface area (Å²) in [6, 6.07) is 24.4. The minimum atomic E-state index is 0.723. The van der Waals surface area contributed by atoms with Gasteiger partial charge in [0.15, 0.2) is 0 Å². The molecule has 0 aromatic heterocycles. The van der Waals surface area contributed by atoms with E-state index < -0.39 is 0 Å². The first-order chi connectivity index (χ1) is 14.8. The van der Waals surface area contributed by atoms with Crippen molar-refractivity contribution in [2.45, 2.75) is 6.54 Å². The SMILES string of the molecule is COc1ccc(-c2nnc3c4ccccc4n(Cc4cccc(OC)c4)cc2-3)cc1. The highest BCUT2D eigenvalue weighted by Crippen LogP contribution is 2.37. The first-order valence-electron chi connectivity index (χ1n) is 9.78. The topological polar surface area (TPSA) is 49.2 Å². The summed E-state index contributed by atoms with van der Waals surface area (Å²) in [6.07, 6.45) is 2.15. The number of aromatic nitrogens is 3. The second-order valence-corrected chi connectivity index (χ2v) is 7.17. The van der Waals surface area contributed by atoms with Crippen LogP contribution in [0.15, 0.2) is 79.0 Å². The Morgan fingerprint density at radius 3 is 2.33 bits per heavy atom. The number of ether oxygens (including phenoxy) is 2. The van der Waals surface area contributed by atoms with Crippen LogP contribution in [0.3, 0.4) is 0 Å². The van der Waals surface area contributed by atoms with Crippen LogP contribution in [0, 0.1) is 0 Å². The largest absolute Gasteiger partial charge is 0.497 e. The zero-order valence-electron chi connectivity index (χ0n) is 16.9. The van der Waals surface area contributed by atoms with E-state index >= 15 is 0 Å². The summed E-state index contributed by atoms with van der Waals surface area (Å²) in [5, 5.41) is 10.1. The quantitative estimate of drug-likeness (QED) is 0.407. The number of nitrogens with zero attached hydrogens (tertiary/aromatic N) is 3. The van der Waals surface area contributed by atoms with Gasteiger partial charge in [-0.25, -0.2) is 0 Å². The molecule has 0 bridgehead atoms. The van der Waals surface area contributed by atoms with Gasteiger partial charge in [-0.2, -0.15) is 0 Å². The zero-order valence-corrected chi connectivity index (χ0v) is 16.9. The van der Waals surface area contributed by atoms with E-state index in [-0.39, 0.29) is 0 Å². The van der Waals surface area contributed by atoms with E-state index in [1.165, 1.54) is 5.56 Å². The fraction of sp³-hybridized carbons (Fsp3) is 0.120. The molecule has 0 unspecified atom stereocenters. The normalized spacial score (nSPS) is 11.1. The highest BCUT2D eigenvalue weighted by atomic mass is 16.5. The van der Waals surface area contributed by atoms with Crippen molar-refractivity contribution in [3.63, 3.8) is 0 Å². The Morgan fingerprint density at radius 2 is 1.53 bits per heavy atom. The number of para-hydroxylation sites is 1. The molecule has 0 radical (unpaired) electrons. The van der Waals surface area contributed by atoms with Crippen LogP contribution in [0.25, 0.3) is 33.4 Å². The van der Waals surface area contributed by atoms with E-state index in [2.05, 4.69) is 51.3 Å². The van der Waals surface area contributed by atoms with Gasteiger partial charge in [-0.3, -0.25) is 0 Å². The van der Waals surface area contributed by atoms with E-state index in [1.54, 1.807) is 14.2 Å². The average Bonchev–Trinajstić information content (AvgIpc) is 3.23. The number of rotatable bonds is 5. The van der Waals surface area contributed by atoms with Gasteiger partial charge in [0.1, 0.15) is 22.9 Å². The standard InChI is InChI=1S/C25H21N3O2/c1-29-19-12-10-18(11-13-19)24-22-16-28(15-17-6-5-7-20(14-17)30-2)23-9-4-3-8-21(23)25(22)27-26-24/h3-14,16H,15H2,1-2H3. The van der Waals surface area contributed by atoms with Gasteiger partial charge in [-0.05, 0) is 48.0 Å². The minimum absolute atomic E-state index is 0.723. The summed E-state index contributed by atoms with van der Waals surface area (Å²) < 4.78 is 12.9. The maximum Gasteiger partial charge on any atom is 0.119 e. The number of fused-ring (bicyclic) bond motifs is 3. The smallest absolute Gasteiger partial charge is 0.119 e. The lowest BCUT2D eigenvalue weighted by atomic mass is 10.0. The van der Waals surface area contributed by atoms with Gasteiger partial charge in [-0.1, -0.05) is 30.3 Å². The van der Waals surface area contributed by atoms with Gasteiger partial charge in [-0.15, -0.1) is 10.2 Å². The van der Waals surface area contributed by atoms with E-state index in [0.717, 1.165) is 51.5 Å². The molecule has 5 rings (SSSR count). The van der Waals surface area contributed by atoms with Gasteiger partial charge in [0.25, 0.3) is 0 Å². The fourth-order valence-electron chi connectivity index (χ4n) is 3.85. The van der Waals surface area contributed by atoms with E-state index in [1.807, 2.05) is 42.5 Å². The molecule has 5 heteroatoms. The molecule has 3 aromatic carbocycles. The summed E-state index contributed by atoms with van der Waals surface area (Å²) in [7, 11) is 3.36. The Hall–Kier alpha value is -3.86. The molecule has 0 saturated carbocycles. The van der Waals surface area contributed by atoms with E-state index in [4.69, 9.17) is 9.47 Å². The summed E-state index contributed by atoms with van der Waals surface area (Å²) >= 11 is 0. The summed E-state index contributed by atoms with van der Waals surface area (Å²) in [5.74, 6) is 1.68. The van der Waals surface area contributed by atoms with Crippen molar-refractivity contribution in [3.05, 3.63) is 84.6 Å². The van der Waals surface area contributed by atoms with Gasteiger partial charge < -0.3 is 14.0 Å². The Balaban J connectivity index is 1.67. The number of hydrogen-bond acceptors (Lipinski definition) is 4. The fourth-order valence-corrected chi connectivity index (χ4v) is 3.85. The molecule has 0 amide bonds. The van der Waals surface area contributed by atoms with Crippen LogP contribution >= 0.6 is 0 Å².